The molecular weight excluding hydrogens is 252 g/mol. The fourth-order valence-corrected chi connectivity index (χ4v) is 2.79. The minimum atomic E-state index is -0.401. The Bertz CT molecular complexity index is 479. The third kappa shape index (κ3) is 3.10. The summed E-state index contributed by atoms with van der Waals surface area (Å²) in [5.41, 5.74) is 5.94. The number of amides is 1. The molecule has 0 atom stereocenters. The van der Waals surface area contributed by atoms with E-state index in [0.29, 0.717) is 11.6 Å². The molecule has 3 N–H and O–H groups in total. The van der Waals surface area contributed by atoms with Gasteiger partial charge in [0.15, 0.2) is 0 Å². The third-order valence-electron chi connectivity index (χ3n) is 4.24. The molecule has 2 aliphatic rings. The number of anilines is 1. The number of carbonyl (C=O) groups is 1. The standard InChI is InChI=1S/C15H22N4O/c16-14(20)13-2-1-7-17-15(13)19-8-5-12(6-9-19)18-10-11-3-4-11/h1-2,7,11-12,18H,3-6,8-10H2,(H2,16,20). The van der Waals surface area contributed by atoms with Gasteiger partial charge < -0.3 is 16.0 Å². The molecule has 1 aromatic rings. The van der Waals surface area contributed by atoms with Crippen LogP contribution in [0.2, 0.25) is 0 Å². The number of nitrogens with one attached hydrogen (secondary N) is 1. The molecule has 3 rings (SSSR count). The van der Waals surface area contributed by atoms with Crippen LogP contribution in [-0.4, -0.2) is 36.6 Å². The second kappa shape index (κ2) is 5.79. The van der Waals surface area contributed by atoms with E-state index in [1.807, 2.05) is 0 Å². The van der Waals surface area contributed by atoms with Crippen LogP contribution in [-0.2, 0) is 0 Å². The maximum atomic E-state index is 11.5. The maximum absolute atomic E-state index is 11.5. The molecule has 0 unspecified atom stereocenters. The number of hydrogen-bond acceptors (Lipinski definition) is 4. The molecule has 5 heteroatoms. The molecule has 108 valence electrons. The normalized spacial score (nSPS) is 20.1. The van der Waals surface area contributed by atoms with Crippen LogP contribution >= 0.6 is 0 Å². The van der Waals surface area contributed by atoms with Crippen molar-refractivity contribution in [2.24, 2.45) is 11.7 Å². The minimum absolute atomic E-state index is 0.401. The van der Waals surface area contributed by atoms with Gasteiger partial charge in [-0.3, -0.25) is 4.79 Å². The lowest BCUT2D eigenvalue weighted by atomic mass is 10.0. The maximum Gasteiger partial charge on any atom is 0.252 e. The predicted octanol–water partition coefficient (Wildman–Crippen LogP) is 1.15. The number of nitrogens with zero attached hydrogens (tertiary/aromatic N) is 2. The van der Waals surface area contributed by atoms with E-state index in [9.17, 15) is 4.79 Å². The van der Waals surface area contributed by atoms with Gasteiger partial charge in [0.05, 0.1) is 5.56 Å². The van der Waals surface area contributed by atoms with Gasteiger partial charge in [-0.25, -0.2) is 4.98 Å². The van der Waals surface area contributed by atoms with Crippen molar-refractivity contribution in [1.29, 1.82) is 0 Å². The third-order valence-corrected chi connectivity index (χ3v) is 4.24. The van der Waals surface area contributed by atoms with E-state index in [-0.39, 0.29) is 0 Å². The zero-order valence-electron chi connectivity index (χ0n) is 11.7. The molecule has 0 spiro atoms. The van der Waals surface area contributed by atoms with Crippen LogP contribution < -0.4 is 16.0 Å². The Kier molecular flexibility index (Phi) is 3.87. The van der Waals surface area contributed by atoms with Crippen LogP contribution in [0.1, 0.15) is 36.0 Å². The Morgan fingerprint density at radius 2 is 2.10 bits per heavy atom. The monoisotopic (exact) mass is 274 g/mol. The molecule has 1 saturated carbocycles. The van der Waals surface area contributed by atoms with Crippen LogP contribution in [0, 0.1) is 5.92 Å². The van der Waals surface area contributed by atoms with Crippen molar-refractivity contribution in [3.8, 4) is 0 Å². The number of nitrogens with two attached hydrogens (primary N) is 1. The number of piperidine rings is 1. The average molecular weight is 274 g/mol. The van der Waals surface area contributed by atoms with Gasteiger partial charge in [-0.05, 0) is 50.3 Å². The average Bonchev–Trinajstić information content (AvgIpc) is 3.30. The molecule has 20 heavy (non-hydrogen) atoms. The van der Waals surface area contributed by atoms with Crippen molar-refractivity contribution in [2.45, 2.75) is 31.7 Å². The zero-order valence-corrected chi connectivity index (χ0v) is 11.7. The van der Waals surface area contributed by atoms with E-state index in [1.165, 1.54) is 19.4 Å². The molecule has 0 aromatic carbocycles. The summed E-state index contributed by atoms with van der Waals surface area (Å²) in [5, 5.41) is 3.65. The molecule has 1 aliphatic carbocycles. The molecule has 5 nitrogen and oxygen atoms in total. The first kappa shape index (κ1) is 13.4. The summed E-state index contributed by atoms with van der Waals surface area (Å²) in [5.74, 6) is 1.26. The highest BCUT2D eigenvalue weighted by atomic mass is 16.1. The van der Waals surface area contributed by atoms with Crippen molar-refractivity contribution < 1.29 is 4.79 Å². The lowest BCUT2D eigenvalue weighted by Gasteiger charge is -2.34. The number of pyridine rings is 1. The minimum Gasteiger partial charge on any atom is -0.365 e. The molecular formula is C15H22N4O. The molecule has 1 aliphatic heterocycles. The van der Waals surface area contributed by atoms with Gasteiger partial charge in [0.25, 0.3) is 5.91 Å². The van der Waals surface area contributed by atoms with E-state index in [2.05, 4.69) is 15.2 Å². The van der Waals surface area contributed by atoms with Crippen molar-refractivity contribution >= 4 is 11.7 Å². The number of aromatic nitrogens is 1. The first-order chi connectivity index (χ1) is 9.74. The molecule has 2 fully saturated rings. The summed E-state index contributed by atoms with van der Waals surface area (Å²) in [4.78, 5) is 18.0. The lowest BCUT2D eigenvalue weighted by Crippen LogP contribution is -2.44. The Balaban J connectivity index is 1.58. The van der Waals surface area contributed by atoms with Crippen molar-refractivity contribution in [2.75, 3.05) is 24.5 Å². The summed E-state index contributed by atoms with van der Waals surface area (Å²) in [7, 11) is 0. The summed E-state index contributed by atoms with van der Waals surface area (Å²) in [6, 6.07) is 4.11. The zero-order chi connectivity index (χ0) is 13.9. The SMILES string of the molecule is NC(=O)c1cccnc1N1CCC(NCC2CC2)CC1. The first-order valence-corrected chi connectivity index (χ1v) is 7.47. The van der Waals surface area contributed by atoms with Gasteiger partial charge in [-0.1, -0.05) is 0 Å². The quantitative estimate of drug-likeness (QED) is 0.845. The molecule has 2 heterocycles. The van der Waals surface area contributed by atoms with Gasteiger partial charge in [0.2, 0.25) is 0 Å². The summed E-state index contributed by atoms with van der Waals surface area (Å²) in [6.07, 6.45) is 6.70. The van der Waals surface area contributed by atoms with Crippen molar-refractivity contribution in [1.82, 2.24) is 10.3 Å². The molecule has 0 radical (unpaired) electrons. The van der Waals surface area contributed by atoms with E-state index in [0.717, 1.165) is 37.7 Å². The van der Waals surface area contributed by atoms with Gasteiger partial charge in [-0.2, -0.15) is 0 Å². The van der Waals surface area contributed by atoms with E-state index in [1.54, 1.807) is 18.3 Å². The highest BCUT2D eigenvalue weighted by Crippen LogP contribution is 2.28. The lowest BCUT2D eigenvalue weighted by molar-refractivity contribution is 0.100. The van der Waals surface area contributed by atoms with E-state index >= 15 is 0 Å². The largest absolute Gasteiger partial charge is 0.365 e. The Labute approximate surface area is 119 Å². The van der Waals surface area contributed by atoms with E-state index < -0.39 is 5.91 Å². The Hall–Kier alpha value is -1.62. The highest BCUT2D eigenvalue weighted by Gasteiger charge is 2.25. The second-order valence-electron chi connectivity index (χ2n) is 5.85. The second-order valence-corrected chi connectivity index (χ2v) is 5.85. The summed E-state index contributed by atoms with van der Waals surface area (Å²) < 4.78 is 0. The topological polar surface area (TPSA) is 71.2 Å². The number of hydrogen-bond donors (Lipinski definition) is 2. The predicted molar refractivity (Wildman–Crippen MR) is 78.7 cm³/mol. The smallest absolute Gasteiger partial charge is 0.252 e. The Morgan fingerprint density at radius 1 is 1.35 bits per heavy atom. The molecule has 1 amide bonds. The van der Waals surface area contributed by atoms with Gasteiger partial charge in [0, 0.05) is 25.3 Å². The van der Waals surface area contributed by atoms with Crippen LogP contribution in [0.4, 0.5) is 5.82 Å². The van der Waals surface area contributed by atoms with Gasteiger partial charge >= 0.3 is 0 Å². The molecule has 0 bridgehead atoms. The molecule has 1 aromatic heterocycles. The summed E-state index contributed by atoms with van der Waals surface area (Å²) >= 11 is 0. The van der Waals surface area contributed by atoms with Crippen molar-refractivity contribution in [3.05, 3.63) is 23.9 Å². The molecule has 1 saturated heterocycles. The number of carbonyl (C=O) groups excluding carboxylic acids is 1. The first-order valence-electron chi connectivity index (χ1n) is 7.47. The van der Waals surface area contributed by atoms with Crippen LogP contribution in [0.3, 0.4) is 0 Å². The van der Waals surface area contributed by atoms with Crippen LogP contribution in [0.15, 0.2) is 18.3 Å². The van der Waals surface area contributed by atoms with Gasteiger partial charge in [-0.15, -0.1) is 0 Å². The van der Waals surface area contributed by atoms with Crippen molar-refractivity contribution in [3.63, 3.8) is 0 Å². The summed E-state index contributed by atoms with van der Waals surface area (Å²) in [6.45, 7) is 3.03. The number of primary amides is 1. The van der Waals surface area contributed by atoms with E-state index in [4.69, 9.17) is 5.73 Å². The fourth-order valence-electron chi connectivity index (χ4n) is 2.79. The van der Waals surface area contributed by atoms with Crippen LogP contribution in [0.5, 0.6) is 0 Å². The fraction of sp³-hybridized carbons (Fsp3) is 0.600. The van der Waals surface area contributed by atoms with Gasteiger partial charge in [0.1, 0.15) is 5.82 Å². The highest BCUT2D eigenvalue weighted by molar-refractivity contribution is 5.97. The number of rotatable bonds is 5. The van der Waals surface area contributed by atoms with Crippen LogP contribution in [0.25, 0.3) is 0 Å². The Morgan fingerprint density at radius 3 is 2.75 bits per heavy atom.